The molecule has 27 heavy (non-hydrogen) atoms. The molecule has 3 rings (SSSR count). The molecule has 0 amide bonds. The lowest BCUT2D eigenvalue weighted by Crippen LogP contribution is -2.50. The highest BCUT2D eigenvalue weighted by molar-refractivity contribution is 7.89. The van der Waals surface area contributed by atoms with E-state index in [9.17, 15) is 25.6 Å². The van der Waals surface area contributed by atoms with E-state index in [1.54, 1.807) is 12.1 Å². The SMILES string of the molecule is Cc1ccc(S(=O)(=O)N2CCN(S(=O)(=O)c3c(F)cccc3F)CC2)cc1. The molecule has 0 spiro atoms. The second kappa shape index (κ2) is 7.27. The zero-order chi connectivity index (χ0) is 19.8. The first kappa shape index (κ1) is 19.9. The summed E-state index contributed by atoms with van der Waals surface area (Å²) >= 11 is 0. The van der Waals surface area contributed by atoms with E-state index in [0.717, 1.165) is 28.1 Å². The molecule has 0 aliphatic carbocycles. The van der Waals surface area contributed by atoms with Crippen LogP contribution in [0.15, 0.2) is 52.3 Å². The van der Waals surface area contributed by atoms with Crippen LogP contribution >= 0.6 is 0 Å². The van der Waals surface area contributed by atoms with Gasteiger partial charge in [0.05, 0.1) is 4.90 Å². The minimum Gasteiger partial charge on any atom is -0.207 e. The van der Waals surface area contributed by atoms with E-state index in [0.29, 0.717) is 0 Å². The summed E-state index contributed by atoms with van der Waals surface area (Å²) in [5.74, 6) is -2.35. The first-order valence-electron chi connectivity index (χ1n) is 8.15. The van der Waals surface area contributed by atoms with Crippen LogP contribution < -0.4 is 0 Å². The van der Waals surface area contributed by atoms with E-state index < -0.39 is 36.6 Å². The Morgan fingerprint density at radius 2 is 1.19 bits per heavy atom. The summed E-state index contributed by atoms with van der Waals surface area (Å²) in [6, 6.07) is 9.14. The second-order valence-corrected chi connectivity index (χ2v) is 9.98. The molecule has 1 heterocycles. The quantitative estimate of drug-likeness (QED) is 0.764. The normalized spacial score (nSPS) is 17.1. The van der Waals surface area contributed by atoms with E-state index in [1.165, 1.54) is 16.4 Å². The monoisotopic (exact) mass is 416 g/mol. The molecule has 0 unspecified atom stereocenters. The van der Waals surface area contributed by atoms with E-state index in [-0.39, 0.29) is 31.1 Å². The highest BCUT2D eigenvalue weighted by Gasteiger charge is 2.36. The van der Waals surface area contributed by atoms with E-state index in [2.05, 4.69) is 0 Å². The van der Waals surface area contributed by atoms with Crippen molar-refractivity contribution in [1.29, 1.82) is 0 Å². The molecule has 0 aromatic heterocycles. The topological polar surface area (TPSA) is 74.8 Å². The third-order valence-corrected chi connectivity index (χ3v) is 8.24. The number of piperazine rings is 1. The molecule has 2 aromatic rings. The van der Waals surface area contributed by atoms with Gasteiger partial charge in [-0.05, 0) is 31.2 Å². The molecule has 1 saturated heterocycles. The minimum atomic E-state index is -4.40. The minimum absolute atomic E-state index is 0.106. The Hall–Kier alpha value is -1.88. The number of hydrogen-bond donors (Lipinski definition) is 0. The van der Waals surface area contributed by atoms with Crippen LogP contribution in [0.25, 0.3) is 0 Å². The average molecular weight is 416 g/mol. The largest absolute Gasteiger partial charge is 0.249 e. The molecule has 1 fully saturated rings. The van der Waals surface area contributed by atoms with Crippen molar-refractivity contribution in [2.45, 2.75) is 16.7 Å². The fraction of sp³-hybridized carbons (Fsp3) is 0.294. The van der Waals surface area contributed by atoms with Crippen LogP contribution in [0.5, 0.6) is 0 Å². The van der Waals surface area contributed by atoms with Gasteiger partial charge in [0.15, 0.2) is 4.90 Å². The highest BCUT2D eigenvalue weighted by atomic mass is 32.2. The van der Waals surface area contributed by atoms with Gasteiger partial charge in [-0.2, -0.15) is 8.61 Å². The molecule has 0 N–H and O–H groups in total. The number of sulfonamides is 2. The lowest BCUT2D eigenvalue weighted by Gasteiger charge is -2.33. The summed E-state index contributed by atoms with van der Waals surface area (Å²) in [5.41, 5.74) is 0.914. The van der Waals surface area contributed by atoms with Gasteiger partial charge in [-0.15, -0.1) is 0 Å². The molecular weight excluding hydrogens is 398 g/mol. The van der Waals surface area contributed by atoms with Crippen molar-refractivity contribution < 1.29 is 25.6 Å². The maximum atomic E-state index is 13.9. The van der Waals surface area contributed by atoms with Crippen molar-refractivity contribution in [1.82, 2.24) is 8.61 Å². The molecule has 0 bridgehead atoms. The molecule has 146 valence electrons. The van der Waals surface area contributed by atoms with Crippen LogP contribution in [0, 0.1) is 18.6 Å². The van der Waals surface area contributed by atoms with Gasteiger partial charge in [0, 0.05) is 26.2 Å². The predicted octanol–water partition coefficient (Wildman–Crippen LogP) is 1.97. The molecule has 0 radical (unpaired) electrons. The molecule has 6 nitrogen and oxygen atoms in total. The second-order valence-electron chi connectivity index (χ2n) is 6.17. The van der Waals surface area contributed by atoms with Crippen molar-refractivity contribution in [2.75, 3.05) is 26.2 Å². The Kier molecular flexibility index (Phi) is 5.35. The molecule has 2 aromatic carbocycles. The third kappa shape index (κ3) is 3.75. The van der Waals surface area contributed by atoms with Gasteiger partial charge in [0.2, 0.25) is 20.0 Å². The number of benzene rings is 2. The summed E-state index contributed by atoms with van der Waals surface area (Å²) in [6.07, 6.45) is 0. The summed E-state index contributed by atoms with van der Waals surface area (Å²) < 4.78 is 80.3. The molecular formula is C17H18F2N2O4S2. The molecule has 0 atom stereocenters. The fourth-order valence-electron chi connectivity index (χ4n) is 2.87. The summed E-state index contributed by atoms with van der Waals surface area (Å²) in [7, 11) is -8.17. The van der Waals surface area contributed by atoms with Gasteiger partial charge in [-0.3, -0.25) is 0 Å². The zero-order valence-corrected chi connectivity index (χ0v) is 16.1. The van der Waals surface area contributed by atoms with Gasteiger partial charge in [-0.25, -0.2) is 25.6 Å². The van der Waals surface area contributed by atoms with Crippen LogP contribution in [0.3, 0.4) is 0 Å². The van der Waals surface area contributed by atoms with Crippen LogP contribution in [-0.2, 0) is 20.0 Å². The Labute approximate surface area is 157 Å². The lowest BCUT2D eigenvalue weighted by atomic mass is 10.2. The van der Waals surface area contributed by atoms with Gasteiger partial charge in [-0.1, -0.05) is 23.8 Å². The molecule has 1 aliphatic rings. The zero-order valence-electron chi connectivity index (χ0n) is 14.5. The number of aryl methyl sites for hydroxylation is 1. The standard InChI is InChI=1S/C17H18F2N2O4S2/c1-13-5-7-14(8-6-13)26(22,23)20-9-11-21(12-10-20)27(24,25)17-15(18)3-2-4-16(17)19/h2-8H,9-12H2,1H3. The van der Waals surface area contributed by atoms with Gasteiger partial charge in [0.1, 0.15) is 11.6 Å². The Bertz CT molecular complexity index is 1030. The molecule has 0 saturated carbocycles. The number of hydrogen-bond acceptors (Lipinski definition) is 4. The predicted molar refractivity (Wildman–Crippen MR) is 95.1 cm³/mol. The number of nitrogens with zero attached hydrogens (tertiary/aromatic N) is 2. The summed E-state index contributed by atoms with van der Waals surface area (Å²) in [5, 5.41) is 0. The van der Waals surface area contributed by atoms with E-state index >= 15 is 0 Å². The van der Waals surface area contributed by atoms with Crippen molar-refractivity contribution in [3.8, 4) is 0 Å². The van der Waals surface area contributed by atoms with Crippen LogP contribution in [0.2, 0.25) is 0 Å². The fourth-order valence-corrected chi connectivity index (χ4v) is 5.82. The Morgan fingerprint density at radius 3 is 1.67 bits per heavy atom. The van der Waals surface area contributed by atoms with E-state index in [4.69, 9.17) is 0 Å². The summed E-state index contributed by atoms with van der Waals surface area (Å²) in [4.78, 5) is -0.899. The maximum Gasteiger partial charge on any atom is 0.249 e. The molecule has 10 heteroatoms. The summed E-state index contributed by atoms with van der Waals surface area (Å²) in [6.45, 7) is 1.24. The van der Waals surface area contributed by atoms with Crippen molar-refractivity contribution in [3.05, 3.63) is 59.7 Å². The Morgan fingerprint density at radius 1 is 0.741 bits per heavy atom. The van der Waals surface area contributed by atoms with Gasteiger partial charge >= 0.3 is 0 Å². The third-order valence-electron chi connectivity index (χ3n) is 4.37. The van der Waals surface area contributed by atoms with Crippen molar-refractivity contribution >= 4 is 20.0 Å². The Balaban J connectivity index is 1.80. The van der Waals surface area contributed by atoms with Crippen LogP contribution in [0.4, 0.5) is 8.78 Å². The number of rotatable bonds is 4. The smallest absolute Gasteiger partial charge is 0.207 e. The van der Waals surface area contributed by atoms with Crippen molar-refractivity contribution in [3.63, 3.8) is 0 Å². The molecule has 1 aliphatic heterocycles. The first-order valence-corrected chi connectivity index (χ1v) is 11.0. The highest BCUT2D eigenvalue weighted by Crippen LogP contribution is 2.25. The first-order chi connectivity index (χ1) is 12.6. The van der Waals surface area contributed by atoms with Gasteiger partial charge in [0.25, 0.3) is 0 Å². The lowest BCUT2D eigenvalue weighted by molar-refractivity contribution is 0.271. The maximum absolute atomic E-state index is 13.9. The number of halogens is 2. The average Bonchev–Trinajstić information content (AvgIpc) is 2.62. The van der Waals surface area contributed by atoms with Crippen LogP contribution in [-0.4, -0.2) is 51.6 Å². The van der Waals surface area contributed by atoms with Crippen molar-refractivity contribution in [2.24, 2.45) is 0 Å². The van der Waals surface area contributed by atoms with Gasteiger partial charge < -0.3 is 0 Å². The van der Waals surface area contributed by atoms with Crippen LogP contribution in [0.1, 0.15) is 5.56 Å². The van der Waals surface area contributed by atoms with E-state index in [1.807, 2.05) is 6.92 Å².